The van der Waals surface area contributed by atoms with E-state index in [9.17, 15) is 0 Å². The SMILES string of the molecule is Cn1ncnc1CC1CCC1CNC1CC1. The van der Waals surface area contributed by atoms with Crippen molar-refractivity contribution >= 4 is 0 Å². The Morgan fingerprint density at radius 2 is 2.12 bits per heavy atom. The van der Waals surface area contributed by atoms with Crippen molar-refractivity contribution in [2.75, 3.05) is 6.54 Å². The molecular weight excluding hydrogens is 200 g/mol. The summed E-state index contributed by atoms with van der Waals surface area (Å²) in [5, 5.41) is 7.77. The molecule has 4 nitrogen and oxygen atoms in total. The minimum absolute atomic E-state index is 0.828. The standard InChI is InChI=1S/C12H20N4/c1-16-12(14-8-15-16)6-9-2-3-10(9)7-13-11-4-5-11/h8-11,13H,2-7H2,1H3. The third-order valence-electron chi connectivity index (χ3n) is 4.07. The van der Waals surface area contributed by atoms with Gasteiger partial charge in [0.1, 0.15) is 12.2 Å². The van der Waals surface area contributed by atoms with Crippen LogP contribution in [-0.2, 0) is 13.5 Å². The predicted molar refractivity (Wildman–Crippen MR) is 61.9 cm³/mol. The molecule has 1 aromatic heterocycles. The molecule has 4 heteroatoms. The molecule has 2 unspecified atom stereocenters. The van der Waals surface area contributed by atoms with E-state index in [1.54, 1.807) is 6.33 Å². The number of hydrogen-bond acceptors (Lipinski definition) is 3. The Balaban J connectivity index is 1.49. The Morgan fingerprint density at radius 1 is 1.31 bits per heavy atom. The van der Waals surface area contributed by atoms with Gasteiger partial charge in [0.15, 0.2) is 0 Å². The number of rotatable bonds is 5. The summed E-state index contributed by atoms with van der Waals surface area (Å²) in [4.78, 5) is 4.31. The second-order valence-electron chi connectivity index (χ2n) is 5.28. The topological polar surface area (TPSA) is 42.7 Å². The van der Waals surface area contributed by atoms with Crippen molar-refractivity contribution in [3.63, 3.8) is 0 Å². The molecule has 1 N–H and O–H groups in total. The normalized spacial score (nSPS) is 29.1. The van der Waals surface area contributed by atoms with Crippen LogP contribution in [0.2, 0.25) is 0 Å². The molecule has 3 rings (SSSR count). The average molecular weight is 220 g/mol. The maximum Gasteiger partial charge on any atom is 0.138 e. The van der Waals surface area contributed by atoms with Gasteiger partial charge >= 0.3 is 0 Å². The first-order chi connectivity index (χ1) is 7.83. The van der Waals surface area contributed by atoms with E-state index in [1.165, 1.54) is 32.2 Å². The number of aromatic nitrogens is 3. The molecule has 2 atom stereocenters. The van der Waals surface area contributed by atoms with Crippen LogP contribution in [-0.4, -0.2) is 27.4 Å². The maximum absolute atomic E-state index is 4.31. The predicted octanol–water partition coefficient (Wildman–Crippen LogP) is 1.14. The van der Waals surface area contributed by atoms with Crippen molar-refractivity contribution in [3.05, 3.63) is 12.2 Å². The van der Waals surface area contributed by atoms with Crippen LogP contribution < -0.4 is 5.32 Å². The summed E-state index contributed by atoms with van der Waals surface area (Å²) in [5.74, 6) is 2.84. The Hall–Kier alpha value is -0.900. The second kappa shape index (κ2) is 4.17. The molecule has 2 aliphatic carbocycles. The van der Waals surface area contributed by atoms with E-state index in [1.807, 2.05) is 11.7 Å². The van der Waals surface area contributed by atoms with Gasteiger partial charge in [0.2, 0.25) is 0 Å². The summed E-state index contributed by atoms with van der Waals surface area (Å²) < 4.78 is 1.91. The van der Waals surface area contributed by atoms with E-state index in [0.29, 0.717) is 0 Å². The fourth-order valence-electron chi connectivity index (χ4n) is 2.52. The van der Waals surface area contributed by atoms with Crippen LogP contribution in [0.15, 0.2) is 6.33 Å². The molecule has 1 aromatic rings. The highest BCUT2D eigenvalue weighted by atomic mass is 15.3. The van der Waals surface area contributed by atoms with E-state index < -0.39 is 0 Å². The molecule has 2 fully saturated rings. The van der Waals surface area contributed by atoms with Crippen molar-refractivity contribution in [2.24, 2.45) is 18.9 Å². The lowest BCUT2D eigenvalue weighted by Crippen LogP contribution is -2.37. The van der Waals surface area contributed by atoms with Crippen LogP contribution >= 0.6 is 0 Å². The quantitative estimate of drug-likeness (QED) is 0.809. The minimum atomic E-state index is 0.828. The lowest BCUT2D eigenvalue weighted by Gasteiger charge is -2.36. The molecule has 0 bridgehead atoms. The Morgan fingerprint density at radius 3 is 2.69 bits per heavy atom. The molecule has 16 heavy (non-hydrogen) atoms. The molecule has 0 aliphatic heterocycles. The van der Waals surface area contributed by atoms with Crippen molar-refractivity contribution < 1.29 is 0 Å². The van der Waals surface area contributed by atoms with Gasteiger partial charge in [-0.3, -0.25) is 4.68 Å². The van der Waals surface area contributed by atoms with Crippen molar-refractivity contribution in [1.82, 2.24) is 20.1 Å². The van der Waals surface area contributed by atoms with Crippen LogP contribution in [0.4, 0.5) is 0 Å². The number of nitrogens with one attached hydrogen (secondary N) is 1. The fraction of sp³-hybridized carbons (Fsp3) is 0.833. The third kappa shape index (κ3) is 2.12. The van der Waals surface area contributed by atoms with Crippen molar-refractivity contribution in [1.29, 1.82) is 0 Å². The lowest BCUT2D eigenvalue weighted by atomic mass is 9.71. The van der Waals surface area contributed by atoms with E-state index in [4.69, 9.17) is 0 Å². The summed E-state index contributed by atoms with van der Waals surface area (Å²) in [5.41, 5.74) is 0. The highest BCUT2D eigenvalue weighted by Gasteiger charge is 2.33. The van der Waals surface area contributed by atoms with Gasteiger partial charge in [-0.15, -0.1) is 0 Å². The molecule has 2 saturated carbocycles. The van der Waals surface area contributed by atoms with Crippen LogP contribution in [0.25, 0.3) is 0 Å². The molecular formula is C12H20N4. The van der Waals surface area contributed by atoms with E-state index in [-0.39, 0.29) is 0 Å². The van der Waals surface area contributed by atoms with Crippen LogP contribution in [0, 0.1) is 11.8 Å². The van der Waals surface area contributed by atoms with Crippen LogP contribution in [0.5, 0.6) is 0 Å². The van der Waals surface area contributed by atoms with Crippen molar-refractivity contribution in [3.8, 4) is 0 Å². The zero-order valence-electron chi connectivity index (χ0n) is 9.89. The van der Waals surface area contributed by atoms with Crippen molar-refractivity contribution in [2.45, 2.75) is 38.1 Å². The monoisotopic (exact) mass is 220 g/mol. The third-order valence-corrected chi connectivity index (χ3v) is 4.07. The molecule has 1 heterocycles. The second-order valence-corrected chi connectivity index (χ2v) is 5.28. The van der Waals surface area contributed by atoms with Gasteiger partial charge < -0.3 is 5.32 Å². The van der Waals surface area contributed by atoms with Crippen LogP contribution in [0.1, 0.15) is 31.5 Å². The zero-order valence-corrected chi connectivity index (χ0v) is 9.89. The van der Waals surface area contributed by atoms with Crippen LogP contribution in [0.3, 0.4) is 0 Å². The number of aryl methyl sites for hydroxylation is 1. The van der Waals surface area contributed by atoms with Gasteiger partial charge in [-0.2, -0.15) is 5.10 Å². The van der Waals surface area contributed by atoms with Gasteiger partial charge in [0.25, 0.3) is 0 Å². The number of nitrogens with zero attached hydrogens (tertiary/aromatic N) is 3. The summed E-state index contributed by atoms with van der Waals surface area (Å²) in [6.45, 7) is 1.22. The van der Waals surface area contributed by atoms with Gasteiger partial charge in [-0.25, -0.2) is 4.98 Å². The van der Waals surface area contributed by atoms with Gasteiger partial charge in [0, 0.05) is 19.5 Å². The maximum atomic E-state index is 4.31. The summed E-state index contributed by atoms with van der Waals surface area (Å²) in [6.07, 6.45) is 8.30. The first-order valence-corrected chi connectivity index (χ1v) is 6.39. The lowest BCUT2D eigenvalue weighted by molar-refractivity contribution is 0.166. The minimum Gasteiger partial charge on any atom is -0.314 e. The largest absolute Gasteiger partial charge is 0.314 e. The molecule has 88 valence electrons. The van der Waals surface area contributed by atoms with E-state index in [0.717, 1.165) is 30.1 Å². The molecule has 0 aromatic carbocycles. The smallest absolute Gasteiger partial charge is 0.138 e. The van der Waals surface area contributed by atoms with Gasteiger partial charge in [-0.1, -0.05) is 0 Å². The Bertz CT molecular complexity index is 356. The first-order valence-electron chi connectivity index (χ1n) is 6.39. The molecule has 0 radical (unpaired) electrons. The first kappa shape index (κ1) is 10.3. The average Bonchev–Trinajstić information content (AvgIpc) is 2.97. The van der Waals surface area contributed by atoms with E-state index >= 15 is 0 Å². The molecule has 2 aliphatic rings. The Labute approximate surface area is 96.4 Å². The summed E-state index contributed by atoms with van der Waals surface area (Å²) in [6, 6.07) is 0.844. The number of hydrogen-bond donors (Lipinski definition) is 1. The Kier molecular flexibility index (Phi) is 2.67. The highest BCUT2D eigenvalue weighted by molar-refractivity contribution is 4.94. The van der Waals surface area contributed by atoms with E-state index in [2.05, 4.69) is 15.4 Å². The zero-order chi connectivity index (χ0) is 11.0. The van der Waals surface area contributed by atoms with Gasteiger partial charge in [-0.05, 0) is 44.1 Å². The summed E-state index contributed by atoms with van der Waals surface area (Å²) >= 11 is 0. The van der Waals surface area contributed by atoms with Gasteiger partial charge in [0.05, 0.1) is 0 Å². The fourth-order valence-corrected chi connectivity index (χ4v) is 2.52. The highest BCUT2D eigenvalue weighted by Crippen LogP contribution is 2.36. The molecule has 0 saturated heterocycles. The molecule has 0 amide bonds. The molecule has 0 spiro atoms. The summed E-state index contributed by atoms with van der Waals surface area (Å²) in [7, 11) is 1.98.